The van der Waals surface area contributed by atoms with Gasteiger partial charge in [0.1, 0.15) is 0 Å². The average Bonchev–Trinajstić information content (AvgIpc) is 2.85. The summed E-state index contributed by atoms with van der Waals surface area (Å²) >= 11 is 0. The second kappa shape index (κ2) is 9.37. The van der Waals surface area contributed by atoms with Crippen molar-refractivity contribution in [2.24, 2.45) is 0 Å². The summed E-state index contributed by atoms with van der Waals surface area (Å²) in [6, 6.07) is 18.8. The molecule has 2 saturated heterocycles. The molecule has 0 spiro atoms. The van der Waals surface area contributed by atoms with Crippen molar-refractivity contribution in [3.63, 3.8) is 0 Å². The van der Waals surface area contributed by atoms with E-state index in [0.29, 0.717) is 5.69 Å². The molecule has 0 aliphatic carbocycles. The third kappa shape index (κ3) is 4.94. The van der Waals surface area contributed by atoms with Crippen LogP contribution in [0.5, 0.6) is 0 Å². The van der Waals surface area contributed by atoms with Gasteiger partial charge in [0.2, 0.25) is 0 Å². The Labute approximate surface area is 195 Å². The normalized spacial score (nSPS) is 18.0. The SMILES string of the molecule is CN1CCN(c2ccc(-c3cc(-c4ccc(N5CCN(C)CC5)cc4)[nH]c(=O)n3)cc2)CC1. The van der Waals surface area contributed by atoms with Gasteiger partial charge in [-0.2, -0.15) is 4.98 Å². The molecule has 0 atom stereocenters. The van der Waals surface area contributed by atoms with E-state index in [4.69, 9.17) is 0 Å². The van der Waals surface area contributed by atoms with Crippen molar-refractivity contribution in [3.8, 4) is 22.5 Å². The van der Waals surface area contributed by atoms with Gasteiger partial charge in [0.05, 0.1) is 11.4 Å². The summed E-state index contributed by atoms with van der Waals surface area (Å²) in [7, 11) is 4.33. The minimum Gasteiger partial charge on any atom is -0.369 e. The molecule has 0 unspecified atom stereocenters. The Balaban J connectivity index is 1.34. The number of aromatic nitrogens is 2. The smallest absolute Gasteiger partial charge is 0.345 e. The Morgan fingerprint density at radius 3 is 1.61 bits per heavy atom. The maximum absolute atomic E-state index is 12.4. The molecule has 0 saturated carbocycles. The first-order chi connectivity index (χ1) is 16.0. The number of hydrogen-bond donors (Lipinski definition) is 1. The minimum absolute atomic E-state index is 0.325. The van der Waals surface area contributed by atoms with Gasteiger partial charge in [-0.1, -0.05) is 24.3 Å². The molecular weight excluding hydrogens is 412 g/mol. The predicted molar refractivity (Wildman–Crippen MR) is 135 cm³/mol. The van der Waals surface area contributed by atoms with E-state index >= 15 is 0 Å². The second-order valence-corrected chi connectivity index (χ2v) is 9.16. The van der Waals surface area contributed by atoms with Crippen LogP contribution < -0.4 is 15.5 Å². The highest BCUT2D eigenvalue weighted by Crippen LogP contribution is 2.26. The van der Waals surface area contributed by atoms with Crippen molar-refractivity contribution < 1.29 is 0 Å². The third-order valence-electron chi connectivity index (χ3n) is 6.82. The van der Waals surface area contributed by atoms with Crippen LogP contribution in [0.2, 0.25) is 0 Å². The molecule has 0 radical (unpaired) electrons. The minimum atomic E-state index is -0.325. The van der Waals surface area contributed by atoms with Crippen LogP contribution in [0.25, 0.3) is 22.5 Å². The van der Waals surface area contributed by atoms with Crippen molar-refractivity contribution in [2.45, 2.75) is 0 Å². The Morgan fingerprint density at radius 2 is 1.12 bits per heavy atom. The Hall–Kier alpha value is -3.16. The molecule has 2 aliphatic rings. The van der Waals surface area contributed by atoms with Crippen LogP contribution in [0, 0.1) is 0 Å². The Kier molecular flexibility index (Phi) is 6.15. The summed E-state index contributed by atoms with van der Waals surface area (Å²) in [6.07, 6.45) is 0. The summed E-state index contributed by atoms with van der Waals surface area (Å²) in [5.41, 5.74) is 5.55. The number of nitrogens with zero attached hydrogens (tertiary/aromatic N) is 5. The van der Waals surface area contributed by atoms with Crippen molar-refractivity contribution in [2.75, 3.05) is 76.3 Å². The third-order valence-corrected chi connectivity index (χ3v) is 6.82. The summed E-state index contributed by atoms with van der Waals surface area (Å²) in [5, 5.41) is 0. The lowest BCUT2D eigenvalue weighted by molar-refractivity contribution is 0.313. The number of piperazine rings is 2. The first kappa shape index (κ1) is 21.7. The van der Waals surface area contributed by atoms with E-state index in [1.54, 1.807) is 0 Å². The van der Waals surface area contributed by atoms with Gasteiger partial charge in [0.15, 0.2) is 0 Å². The molecule has 3 heterocycles. The molecule has 2 aliphatic heterocycles. The average molecular weight is 445 g/mol. The molecule has 0 amide bonds. The number of rotatable bonds is 4. The van der Waals surface area contributed by atoms with Crippen LogP contribution in [0.3, 0.4) is 0 Å². The molecule has 3 aromatic rings. The van der Waals surface area contributed by atoms with Crippen LogP contribution >= 0.6 is 0 Å². The summed E-state index contributed by atoms with van der Waals surface area (Å²) in [5.74, 6) is 0. The van der Waals surface area contributed by atoms with E-state index < -0.39 is 0 Å². The van der Waals surface area contributed by atoms with Crippen molar-refractivity contribution in [3.05, 3.63) is 65.1 Å². The molecule has 1 aromatic heterocycles. The first-order valence-corrected chi connectivity index (χ1v) is 11.7. The maximum atomic E-state index is 12.4. The van der Waals surface area contributed by atoms with Gasteiger partial charge < -0.3 is 24.6 Å². The van der Waals surface area contributed by atoms with E-state index in [1.165, 1.54) is 11.4 Å². The van der Waals surface area contributed by atoms with Gasteiger partial charge in [0, 0.05) is 69.3 Å². The number of benzene rings is 2. The molecule has 7 nitrogen and oxygen atoms in total. The van der Waals surface area contributed by atoms with E-state index in [1.807, 2.05) is 6.07 Å². The van der Waals surface area contributed by atoms with E-state index in [-0.39, 0.29) is 5.69 Å². The molecule has 5 rings (SSSR count). The van der Waals surface area contributed by atoms with Crippen LogP contribution in [0.15, 0.2) is 59.4 Å². The molecule has 2 aromatic carbocycles. The number of anilines is 2. The summed E-state index contributed by atoms with van der Waals surface area (Å²) in [6.45, 7) is 8.46. The fraction of sp³-hybridized carbons (Fsp3) is 0.385. The van der Waals surface area contributed by atoms with Gasteiger partial charge in [-0.15, -0.1) is 0 Å². The van der Waals surface area contributed by atoms with Crippen LogP contribution in [-0.4, -0.2) is 86.2 Å². The van der Waals surface area contributed by atoms with Gasteiger partial charge in [0.25, 0.3) is 0 Å². The molecule has 0 bridgehead atoms. The fourth-order valence-corrected chi connectivity index (χ4v) is 4.59. The van der Waals surface area contributed by atoms with E-state index in [2.05, 4.69) is 92.2 Å². The summed E-state index contributed by atoms with van der Waals surface area (Å²) < 4.78 is 0. The molecule has 7 heteroatoms. The zero-order valence-electron chi connectivity index (χ0n) is 19.5. The largest absolute Gasteiger partial charge is 0.369 e. The number of hydrogen-bond acceptors (Lipinski definition) is 6. The number of likely N-dealkylation sites (N-methyl/N-ethyl adjacent to an activating group) is 2. The molecule has 172 valence electrons. The lowest BCUT2D eigenvalue weighted by Gasteiger charge is -2.34. The lowest BCUT2D eigenvalue weighted by Crippen LogP contribution is -2.44. The Morgan fingerprint density at radius 1 is 0.667 bits per heavy atom. The van der Waals surface area contributed by atoms with Crippen LogP contribution in [-0.2, 0) is 0 Å². The molecule has 1 N–H and O–H groups in total. The zero-order chi connectivity index (χ0) is 22.8. The van der Waals surface area contributed by atoms with Crippen LogP contribution in [0.4, 0.5) is 11.4 Å². The number of nitrogens with one attached hydrogen (secondary N) is 1. The number of aromatic amines is 1. The highest BCUT2D eigenvalue weighted by atomic mass is 16.1. The second-order valence-electron chi connectivity index (χ2n) is 9.16. The highest BCUT2D eigenvalue weighted by molar-refractivity contribution is 5.70. The van der Waals surface area contributed by atoms with Gasteiger partial charge in [-0.25, -0.2) is 4.79 Å². The van der Waals surface area contributed by atoms with Crippen LogP contribution in [0.1, 0.15) is 0 Å². The molecular formula is C26H32N6O. The van der Waals surface area contributed by atoms with Crippen molar-refractivity contribution >= 4 is 11.4 Å². The number of H-pyrrole nitrogens is 1. The first-order valence-electron chi connectivity index (χ1n) is 11.7. The maximum Gasteiger partial charge on any atom is 0.345 e. The van der Waals surface area contributed by atoms with Crippen molar-refractivity contribution in [1.29, 1.82) is 0 Å². The fourth-order valence-electron chi connectivity index (χ4n) is 4.59. The molecule has 2 fully saturated rings. The standard InChI is InChI=1S/C26H32N6O/c1-29-11-15-31(16-12-29)22-7-3-20(4-8-22)24-19-25(28-26(33)27-24)21-5-9-23(10-6-21)32-17-13-30(2)14-18-32/h3-10,19H,11-18H2,1-2H3,(H,27,28,33). The van der Waals surface area contributed by atoms with Gasteiger partial charge >= 0.3 is 5.69 Å². The quantitative estimate of drug-likeness (QED) is 0.668. The zero-order valence-corrected chi connectivity index (χ0v) is 19.5. The Bertz CT molecular complexity index is 1040. The lowest BCUT2D eigenvalue weighted by atomic mass is 10.1. The van der Waals surface area contributed by atoms with Gasteiger partial charge in [-0.3, -0.25) is 0 Å². The summed E-state index contributed by atoms with van der Waals surface area (Å²) in [4.78, 5) is 29.0. The monoisotopic (exact) mass is 444 g/mol. The highest BCUT2D eigenvalue weighted by Gasteiger charge is 2.16. The van der Waals surface area contributed by atoms with E-state index in [0.717, 1.165) is 69.2 Å². The van der Waals surface area contributed by atoms with Gasteiger partial charge in [-0.05, 0) is 50.0 Å². The topological polar surface area (TPSA) is 58.7 Å². The van der Waals surface area contributed by atoms with Crippen molar-refractivity contribution in [1.82, 2.24) is 19.8 Å². The molecule has 33 heavy (non-hydrogen) atoms. The van der Waals surface area contributed by atoms with E-state index in [9.17, 15) is 4.79 Å². The predicted octanol–water partition coefficient (Wildman–Crippen LogP) is 2.61.